The molecule has 26 heavy (non-hydrogen) atoms. The quantitative estimate of drug-likeness (QED) is 0.712. The lowest BCUT2D eigenvalue weighted by Crippen LogP contribution is -2.45. The summed E-state index contributed by atoms with van der Waals surface area (Å²) in [5.41, 5.74) is 4.64. The minimum atomic E-state index is -0.209. The molecule has 1 aliphatic carbocycles. The van der Waals surface area contributed by atoms with Crippen LogP contribution in [0, 0.1) is 5.92 Å². The van der Waals surface area contributed by atoms with Crippen molar-refractivity contribution in [3.63, 3.8) is 0 Å². The van der Waals surface area contributed by atoms with Gasteiger partial charge in [-0.15, -0.1) is 0 Å². The summed E-state index contributed by atoms with van der Waals surface area (Å²) in [4.78, 5) is 0. The lowest BCUT2D eigenvalue weighted by molar-refractivity contribution is 0.0107. The maximum Gasteiger partial charge on any atom is 0.127 e. The van der Waals surface area contributed by atoms with Crippen molar-refractivity contribution in [2.24, 2.45) is 5.92 Å². The number of hydrogen-bond acceptors (Lipinski definition) is 2. The topological polar surface area (TPSA) is 29.5 Å². The molecule has 0 unspecified atom stereocenters. The molecule has 0 spiro atoms. The molecular formula is C24H28O2. The molecule has 136 valence electrons. The minimum absolute atomic E-state index is 0.209. The molecule has 0 bridgehead atoms. The average Bonchev–Trinajstić information content (AvgIpc) is 2.59. The Morgan fingerprint density at radius 1 is 1.08 bits per heavy atom. The Balaban J connectivity index is 1.67. The second-order valence-electron chi connectivity index (χ2n) is 8.40. The second kappa shape index (κ2) is 6.50. The van der Waals surface area contributed by atoms with Crippen molar-refractivity contribution in [3.05, 3.63) is 70.8 Å². The number of benzene rings is 2. The Labute approximate surface area is 156 Å². The molecule has 0 aromatic heterocycles. The van der Waals surface area contributed by atoms with E-state index in [1.807, 2.05) is 12.1 Å². The maximum absolute atomic E-state index is 10.8. The molecule has 1 N–H and O–H groups in total. The number of ether oxygens (including phenoxy) is 1. The summed E-state index contributed by atoms with van der Waals surface area (Å²) in [5.74, 6) is 1.93. The van der Waals surface area contributed by atoms with Crippen molar-refractivity contribution >= 4 is 0 Å². The van der Waals surface area contributed by atoms with Crippen molar-refractivity contribution < 1.29 is 9.84 Å². The van der Waals surface area contributed by atoms with Crippen LogP contribution in [0.15, 0.2) is 54.1 Å². The third kappa shape index (κ3) is 3.13. The average molecular weight is 348 g/mol. The fourth-order valence-corrected chi connectivity index (χ4v) is 4.66. The molecule has 2 aromatic rings. The Hall–Kier alpha value is -2.22. The fraction of sp³-hybridized carbons (Fsp3) is 0.417. The predicted molar refractivity (Wildman–Crippen MR) is 106 cm³/mol. The number of allylic oxidation sites excluding steroid dienone is 2. The van der Waals surface area contributed by atoms with E-state index in [0.29, 0.717) is 11.7 Å². The smallest absolute Gasteiger partial charge is 0.127 e. The number of phenols is 1. The summed E-state index contributed by atoms with van der Waals surface area (Å²) < 4.78 is 6.41. The highest BCUT2D eigenvalue weighted by molar-refractivity contribution is 5.54. The van der Waals surface area contributed by atoms with Gasteiger partial charge in [-0.2, -0.15) is 0 Å². The zero-order valence-electron chi connectivity index (χ0n) is 16.0. The van der Waals surface area contributed by atoms with Gasteiger partial charge in [-0.3, -0.25) is 0 Å². The highest BCUT2D eigenvalue weighted by Crippen LogP contribution is 2.53. The zero-order valence-corrected chi connectivity index (χ0v) is 16.0. The van der Waals surface area contributed by atoms with Gasteiger partial charge < -0.3 is 9.84 Å². The van der Waals surface area contributed by atoms with E-state index < -0.39 is 0 Å². The van der Waals surface area contributed by atoms with E-state index in [9.17, 15) is 5.11 Å². The fourth-order valence-electron chi connectivity index (χ4n) is 4.66. The van der Waals surface area contributed by atoms with Crippen LogP contribution in [0.3, 0.4) is 0 Å². The van der Waals surface area contributed by atoms with Crippen LogP contribution >= 0.6 is 0 Å². The SMILES string of the molecule is CC1=C[C@@H]2c3c(O)cc(CCc4ccccc4)cc3OC(C)(C)[C@@H]2CC1. The van der Waals surface area contributed by atoms with E-state index in [-0.39, 0.29) is 11.5 Å². The van der Waals surface area contributed by atoms with Crippen molar-refractivity contribution in [3.8, 4) is 11.5 Å². The van der Waals surface area contributed by atoms with Gasteiger partial charge in [0.05, 0.1) is 0 Å². The molecule has 2 atom stereocenters. The van der Waals surface area contributed by atoms with Crippen molar-refractivity contribution in [1.82, 2.24) is 0 Å². The first-order valence-corrected chi connectivity index (χ1v) is 9.70. The Morgan fingerprint density at radius 2 is 1.81 bits per heavy atom. The molecule has 0 radical (unpaired) electrons. The van der Waals surface area contributed by atoms with Crippen LogP contribution in [-0.4, -0.2) is 10.7 Å². The van der Waals surface area contributed by atoms with Crippen LogP contribution in [-0.2, 0) is 12.8 Å². The largest absolute Gasteiger partial charge is 0.507 e. The van der Waals surface area contributed by atoms with Gasteiger partial charge in [-0.25, -0.2) is 0 Å². The molecule has 2 aliphatic rings. The first-order valence-electron chi connectivity index (χ1n) is 9.70. The van der Waals surface area contributed by atoms with Crippen LogP contribution in [0.1, 0.15) is 56.2 Å². The van der Waals surface area contributed by atoms with Gasteiger partial charge in [0.2, 0.25) is 0 Å². The Bertz CT molecular complexity index is 833. The molecule has 0 saturated carbocycles. The summed E-state index contributed by atoms with van der Waals surface area (Å²) in [7, 11) is 0. The van der Waals surface area contributed by atoms with Gasteiger partial charge >= 0.3 is 0 Å². The Kier molecular flexibility index (Phi) is 4.30. The van der Waals surface area contributed by atoms with Gasteiger partial charge in [0.1, 0.15) is 17.1 Å². The van der Waals surface area contributed by atoms with E-state index in [1.54, 1.807) is 0 Å². The normalized spacial score (nSPS) is 23.4. The van der Waals surface area contributed by atoms with Gasteiger partial charge in [0.15, 0.2) is 0 Å². The van der Waals surface area contributed by atoms with Crippen LogP contribution in [0.5, 0.6) is 11.5 Å². The maximum atomic E-state index is 10.8. The van der Waals surface area contributed by atoms with E-state index in [0.717, 1.165) is 42.6 Å². The minimum Gasteiger partial charge on any atom is -0.507 e. The number of aromatic hydroxyl groups is 1. The van der Waals surface area contributed by atoms with Crippen LogP contribution in [0.25, 0.3) is 0 Å². The van der Waals surface area contributed by atoms with Crippen LogP contribution < -0.4 is 4.74 Å². The molecule has 0 saturated heterocycles. The number of rotatable bonds is 3. The summed E-state index contributed by atoms with van der Waals surface area (Å²) in [6, 6.07) is 14.6. The third-order valence-corrected chi connectivity index (χ3v) is 6.07. The first-order chi connectivity index (χ1) is 12.4. The summed E-state index contributed by atoms with van der Waals surface area (Å²) in [5, 5.41) is 10.8. The van der Waals surface area contributed by atoms with Gasteiger partial charge in [0.25, 0.3) is 0 Å². The molecule has 1 aliphatic heterocycles. The van der Waals surface area contributed by atoms with Gasteiger partial charge in [-0.1, -0.05) is 42.0 Å². The molecule has 1 heterocycles. The molecule has 2 heteroatoms. The molecule has 2 nitrogen and oxygen atoms in total. The van der Waals surface area contributed by atoms with Gasteiger partial charge in [0, 0.05) is 17.4 Å². The highest BCUT2D eigenvalue weighted by atomic mass is 16.5. The van der Waals surface area contributed by atoms with Crippen LogP contribution in [0.4, 0.5) is 0 Å². The first kappa shape index (κ1) is 17.2. The lowest BCUT2D eigenvalue weighted by Gasteiger charge is -2.46. The second-order valence-corrected chi connectivity index (χ2v) is 8.40. The van der Waals surface area contributed by atoms with E-state index in [4.69, 9.17) is 4.74 Å². The predicted octanol–water partition coefficient (Wildman–Crippen LogP) is 5.79. The van der Waals surface area contributed by atoms with Crippen molar-refractivity contribution in [2.45, 2.75) is 58.0 Å². The summed E-state index contributed by atoms with van der Waals surface area (Å²) >= 11 is 0. The number of fused-ring (bicyclic) bond motifs is 3. The molecule has 0 fully saturated rings. The molecule has 4 rings (SSSR count). The summed E-state index contributed by atoms with van der Waals surface area (Å²) in [6.07, 6.45) is 6.46. The number of hydrogen-bond donors (Lipinski definition) is 1. The number of aryl methyl sites for hydroxylation is 2. The van der Waals surface area contributed by atoms with E-state index in [1.165, 1.54) is 11.1 Å². The molecule has 0 amide bonds. The molecular weight excluding hydrogens is 320 g/mol. The monoisotopic (exact) mass is 348 g/mol. The number of phenolic OH excluding ortho intramolecular Hbond substituents is 1. The molecule has 2 aromatic carbocycles. The third-order valence-electron chi connectivity index (χ3n) is 6.07. The van der Waals surface area contributed by atoms with E-state index in [2.05, 4.69) is 57.2 Å². The van der Waals surface area contributed by atoms with Crippen molar-refractivity contribution in [2.75, 3.05) is 0 Å². The lowest BCUT2D eigenvalue weighted by atomic mass is 9.68. The Morgan fingerprint density at radius 3 is 2.58 bits per heavy atom. The zero-order chi connectivity index (χ0) is 18.3. The highest BCUT2D eigenvalue weighted by Gasteiger charge is 2.45. The van der Waals surface area contributed by atoms with E-state index >= 15 is 0 Å². The van der Waals surface area contributed by atoms with Gasteiger partial charge in [-0.05, 0) is 69.7 Å². The standard InChI is InChI=1S/C24H28O2/c1-16-9-12-20-19(13-16)23-21(25)14-18(15-22(23)26-24(20,2)3)11-10-17-7-5-4-6-8-17/h4-8,13-15,19-20,25H,9-12H2,1-3H3/t19-,20+/m0/s1. The summed E-state index contributed by atoms with van der Waals surface area (Å²) in [6.45, 7) is 6.58. The van der Waals surface area contributed by atoms with Crippen LogP contribution in [0.2, 0.25) is 0 Å². The van der Waals surface area contributed by atoms with Crippen molar-refractivity contribution in [1.29, 1.82) is 0 Å².